The molecule has 17 heavy (non-hydrogen) atoms. The highest BCUT2D eigenvalue weighted by Gasteiger charge is 2.20. The van der Waals surface area contributed by atoms with Crippen LogP contribution in [0.15, 0.2) is 21.0 Å². The Morgan fingerprint density at radius 1 is 1.47 bits per heavy atom. The Labute approximate surface area is 107 Å². The molecule has 0 atom stereocenters. The molecule has 0 aromatic carbocycles. The zero-order valence-corrected chi connectivity index (χ0v) is 11.4. The summed E-state index contributed by atoms with van der Waals surface area (Å²) >= 11 is 6.86. The zero-order chi connectivity index (χ0) is 12.6. The van der Waals surface area contributed by atoms with Crippen LogP contribution >= 0.6 is 22.9 Å². The summed E-state index contributed by atoms with van der Waals surface area (Å²) in [7, 11) is -3.62. The highest BCUT2D eigenvalue weighted by atomic mass is 35.5. The largest absolute Gasteiger partial charge is 0.359 e. The summed E-state index contributed by atoms with van der Waals surface area (Å²) in [6, 6.07) is 1.53. The molecular formula is C9H9ClN2O3S2. The van der Waals surface area contributed by atoms with Crippen molar-refractivity contribution in [1.29, 1.82) is 0 Å². The molecule has 0 aliphatic carbocycles. The topological polar surface area (TPSA) is 72.2 Å². The first-order valence-electron chi connectivity index (χ1n) is 4.60. The summed E-state index contributed by atoms with van der Waals surface area (Å²) in [5.74, 6) is 0.410. The molecule has 0 fully saturated rings. The fraction of sp³-hybridized carbons (Fsp3) is 0.222. The van der Waals surface area contributed by atoms with E-state index >= 15 is 0 Å². The third-order valence-corrected chi connectivity index (χ3v) is 5.49. The first-order valence-corrected chi connectivity index (χ1v) is 7.28. The molecule has 0 spiro atoms. The Balaban J connectivity index is 2.35. The number of nitrogens with zero attached hydrogens (tertiary/aromatic N) is 1. The van der Waals surface area contributed by atoms with Gasteiger partial charge in [0.15, 0.2) is 5.76 Å². The quantitative estimate of drug-likeness (QED) is 0.944. The number of aryl methyl sites for hydroxylation is 2. The molecule has 0 saturated carbocycles. The van der Waals surface area contributed by atoms with Gasteiger partial charge >= 0.3 is 0 Å². The molecule has 8 heteroatoms. The fourth-order valence-corrected chi connectivity index (χ4v) is 3.96. The Hall–Kier alpha value is -1.05. The second-order valence-corrected chi connectivity index (χ2v) is 6.99. The van der Waals surface area contributed by atoms with Gasteiger partial charge in [-0.3, -0.25) is 4.72 Å². The highest BCUT2D eigenvalue weighted by molar-refractivity contribution is 7.94. The Morgan fingerprint density at radius 2 is 2.18 bits per heavy atom. The summed E-state index contributed by atoms with van der Waals surface area (Å²) in [6.45, 7) is 3.38. The Morgan fingerprint density at radius 3 is 2.65 bits per heavy atom. The molecule has 5 nitrogen and oxygen atoms in total. The lowest BCUT2D eigenvalue weighted by Crippen LogP contribution is -2.11. The number of nitrogens with one attached hydrogen (secondary N) is 1. The van der Waals surface area contributed by atoms with Crippen LogP contribution in [0.1, 0.15) is 11.3 Å². The van der Waals surface area contributed by atoms with Crippen LogP contribution in [-0.2, 0) is 10.0 Å². The average molecular weight is 293 g/mol. The van der Waals surface area contributed by atoms with E-state index in [1.807, 2.05) is 0 Å². The number of halogens is 1. The van der Waals surface area contributed by atoms with Crippen molar-refractivity contribution < 1.29 is 12.9 Å². The molecule has 92 valence electrons. The number of rotatable bonds is 3. The molecule has 0 amide bonds. The minimum absolute atomic E-state index is 0.167. The van der Waals surface area contributed by atoms with Crippen LogP contribution in [-0.4, -0.2) is 13.6 Å². The van der Waals surface area contributed by atoms with Gasteiger partial charge in [-0.2, -0.15) is 0 Å². The van der Waals surface area contributed by atoms with Crippen LogP contribution in [0.4, 0.5) is 5.69 Å². The minimum Gasteiger partial charge on any atom is -0.359 e. The second kappa shape index (κ2) is 4.32. The summed E-state index contributed by atoms with van der Waals surface area (Å²) in [5.41, 5.74) is 1.06. The summed E-state index contributed by atoms with van der Waals surface area (Å²) in [4.78, 5) is 0. The molecule has 0 radical (unpaired) electrons. The van der Waals surface area contributed by atoms with Gasteiger partial charge in [0.25, 0.3) is 10.0 Å². The summed E-state index contributed by atoms with van der Waals surface area (Å²) in [5, 5.41) is 3.50. The molecule has 0 bridgehead atoms. The van der Waals surface area contributed by atoms with Crippen molar-refractivity contribution in [3.05, 3.63) is 27.9 Å². The van der Waals surface area contributed by atoms with E-state index in [9.17, 15) is 8.42 Å². The first kappa shape index (κ1) is 12.4. The van der Waals surface area contributed by atoms with E-state index in [2.05, 4.69) is 9.88 Å². The number of sulfonamides is 1. The van der Waals surface area contributed by atoms with Crippen LogP contribution in [0.3, 0.4) is 0 Å². The number of thiophene rings is 1. The smallest absolute Gasteiger partial charge is 0.271 e. The van der Waals surface area contributed by atoms with Crippen molar-refractivity contribution in [2.75, 3.05) is 4.72 Å². The highest BCUT2D eigenvalue weighted by Crippen LogP contribution is 2.31. The average Bonchev–Trinajstić information content (AvgIpc) is 2.76. The maximum atomic E-state index is 12.0. The second-order valence-electron chi connectivity index (χ2n) is 3.42. The number of anilines is 1. The monoisotopic (exact) mass is 292 g/mol. The van der Waals surface area contributed by atoms with Crippen molar-refractivity contribution in [1.82, 2.24) is 5.16 Å². The van der Waals surface area contributed by atoms with E-state index < -0.39 is 10.0 Å². The molecule has 2 rings (SSSR count). The lowest BCUT2D eigenvalue weighted by Gasteiger charge is -2.02. The van der Waals surface area contributed by atoms with Gasteiger partial charge in [-0.15, -0.1) is 11.3 Å². The van der Waals surface area contributed by atoms with Gasteiger partial charge in [0.2, 0.25) is 0 Å². The number of aromatic nitrogens is 1. The van der Waals surface area contributed by atoms with Gasteiger partial charge < -0.3 is 4.52 Å². The lowest BCUT2D eigenvalue weighted by molar-refractivity contribution is 0.398. The lowest BCUT2D eigenvalue weighted by atomic mass is 10.4. The van der Waals surface area contributed by atoms with Crippen LogP contribution in [0.2, 0.25) is 4.34 Å². The molecule has 2 heterocycles. The van der Waals surface area contributed by atoms with Crippen LogP contribution in [0, 0.1) is 13.8 Å². The molecule has 2 aromatic rings. The van der Waals surface area contributed by atoms with Crippen molar-refractivity contribution in [2.45, 2.75) is 18.1 Å². The summed E-state index contributed by atoms with van der Waals surface area (Å²) in [6.07, 6.45) is 1.31. The van der Waals surface area contributed by atoms with Gasteiger partial charge in [-0.1, -0.05) is 16.8 Å². The molecule has 0 unspecified atom stereocenters. The van der Waals surface area contributed by atoms with Crippen molar-refractivity contribution in [2.24, 2.45) is 0 Å². The van der Waals surface area contributed by atoms with E-state index in [-0.39, 0.29) is 4.21 Å². The summed E-state index contributed by atoms with van der Waals surface area (Å²) < 4.78 is 31.8. The van der Waals surface area contributed by atoms with Crippen molar-refractivity contribution in [3.63, 3.8) is 0 Å². The van der Waals surface area contributed by atoms with E-state index in [0.717, 1.165) is 16.9 Å². The van der Waals surface area contributed by atoms with Crippen LogP contribution in [0.5, 0.6) is 0 Å². The maximum Gasteiger partial charge on any atom is 0.271 e. The first-order chi connectivity index (χ1) is 7.90. The van der Waals surface area contributed by atoms with Gasteiger partial charge in [0.05, 0.1) is 10.5 Å². The van der Waals surface area contributed by atoms with E-state index in [1.165, 1.54) is 12.3 Å². The van der Waals surface area contributed by atoms with Gasteiger partial charge in [0.1, 0.15) is 9.90 Å². The normalized spacial score (nSPS) is 11.7. The Bertz CT molecular complexity index is 626. The third kappa shape index (κ3) is 2.46. The van der Waals surface area contributed by atoms with Crippen LogP contribution in [0.25, 0.3) is 0 Å². The van der Waals surface area contributed by atoms with Gasteiger partial charge in [-0.25, -0.2) is 8.42 Å². The number of hydrogen-bond acceptors (Lipinski definition) is 5. The predicted octanol–water partition coefficient (Wildman–Crippen LogP) is 2.81. The van der Waals surface area contributed by atoms with E-state index in [0.29, 0.717) is 15.8 Å². The minimum atomic E-state index is -3.62. The molecule has 1 N–H and O–H groups in total. The fourth-order valence-electron chi connectivity index (χ4n) is 1.16. The van der Waals surface area contributed by atoms with Crippen LogP contribution < -0.4 is 4.72 Å². The predicted molar refractivity (Wildman–Crippen MR) is 66.1 cm³/mol. The van der Waals surface area contributed by atoms with Crippen molar-refractivity contribution >= 4 is 38.6 Å². The van der Waals surface area contributed by atoms with E-state index in [1.54, 1.807) is 13.8 Å². The third-order valence-electron chi connectivity index (χ3n) is 2.09. The van der Waals surface area contributed by atoms with E-state index in [4.69, 9.17) is 16.1 Å². The SMILES string of the molecule is Cc1cc(S(=O)(=O)Nc2cnoc2C)sc1Cl. The Kier molecular flexibility index (Phi) is 3.15. The maximum absolute atomic E-state index is 12.0. The standard InChI is InChI=1S/C9H9ClN2O3S2/c1-5-3-8(16-9(5)10)17(13,14)12-7-4-11-15-6(7)2/h3-4,12H,1-2H3. The molecular weight excluding hydrogens is 284 g/mol. The van der Waals surface area contributed by atoms with Crippen molar-refractivity contribution in [3.8, 4) is 0 Å². The molecule has 0 aliphatic heterocycles. The molecule has 0 saturated heterocycles. The zero-order valence-electron chi connectivity index (χ0n) is 9.02. The number of hydrogen-bond donors (Lipinski definition) is 1. The van der Waals surface area contributed by atoms with Gasteiger partial charge in [-0.05, 0) is 25.5 Å². The molecule has 2 aromatic heterocycles. The van der Waals surface area contributed by atoms with Gasteiger partial charge in [0, 0.05) is 0 Å². The molecule has 0 aliphatic rings.